The van der Waals surface area contributed by atoms with Crippen molar-refractivity contribution in [1.82, 2.24) is 29.7 Å². The highest BCUT2D eigenvalue weighted by Gasteiger charge is 2.38. The van der Waals surface area contributed by atoms with E-state index in [9.17, 15) is 22.8 Å². The molecule has 6 rings (SSSR count). The first kappa shape index (κ1) is 29.4. The number of halogens is 3. The average molecular weight is 598 g/mol. The second-order valence-electron chi connectivity index (χ2n) is 12.1. The Kier molecular flexibility index (Phi) is 8.30. The fraction of sp³-hybridized carbons (Fsp3) is 0.548. The number of rotatable bonds is 6. The summed E-state index contributed by atoms with van der Waals surface area (Å²) < 4.78 is 39.2. The quantitative estimate of drug-likeness (QED) is 0.502. The van der Waals surface area contributed by atoms with Gasteiger partial charge in [0, 0.05) is 55.6 Å². The normalized spacial score (nSPS) is 21.0. The van der Waals surface area contributed by atoms with Crippen molar-refractivity contribution in [2.45, 2.75) is 64.0 Å². The minimum Gasteiger partial charge on any atom is -0.339 e. The van der Waals surface area contributed by atoms with E-state index in [0.29, 0.717) is 37.4 Å². The summed E-state index contributed by atoms with van der Waals surface area (Å²) in [5.74, 6) is 0.122. The molecule has 2 amide bonds. The molecule has 0 unspecified atom stereocenters. The van der Waals surface area contributed by atoms with Gasteiger partial charge in [-0.3, -0.25) is 9.59 Å². The summed E-state index contributed by atoms with van der Waals surface area (Å²) in [6, 6.07) is 3.81. The summed E-state index contributed by atoms with van der Waals surface area (Å²) >= 11 is 0. The molecule has 0 saturated carbocycles. The molecule has 43 heavy (non-hydrogen) atoms. The van der Waals surface area contributed by atoms with Gasteiger partial charge in [-0.1, -0.05) is 12.2 Å². The lowest BCUT2D eigenvalue weighted by Crippen LogP contribution is -2.50. The van der Waals surface area contributed by atoms with Gasteiger partial charge >= 0.3 is 6.18 Å². The van der Waals surface area contributed by atoms with Crippen LogP contribution in [0.25, 0.3) is 11.2 Å². The van der Waals surface area contributed by atoms with Crippen molar-refractivity contribution in [3.05, 3.63) is 53.4 Å². The van der Waals surface area contributed by atoms with Gasteiger partial charge in [-0.2, -0.15) is 18.2 Å². The van der Waals surface area contributed by atoms with E-state index in [1.165, 1.54) is 11.3 Å². The minimum absolute atomic E-state index is 0.157. The average Bonchev–Trinajstić information content (AvgIpc) is 3.43. The highest BCUT2D eigenvalue weighted by atomic mass is 19.4. The molecule has 2 N–H and O–H groups in total. The molecular weight excluding hydrogens is 559 g/mol. The molecule has 2 saturated heterocycles. The van der Waals surface area contributed by atoms with Crippen LogP contribution in [0.2, 0.25) is 0 Å². The van der Waals surface area contributed by atoms with Crippen LogP contribution in [0, 0.1) is 5.41 Å². The number of piperidine rings is 2. The third kappa shape index (κ3) is 6.79. The number of hydrogen-bond acceptors (Lipinski definition) is 6. The number of pyridine rings is 1. The summed E-state index contributed by atoms with van der Waals surface area (Å²) in [7, 11) is 0. The first-order valence-corrected chi connectivity index (χ1v) is 15.2. The first-order chi connectivity index (χ1) is 20.7. The number of alkyl halides is 3. The summed E-state index contributed by atoms with van der Waals surface area (Å²) in [5.41, 5.74) is 4.57. The lowest BCUT2D eigenvalue weighted by molar-refractivity contribution is -0.148. The lowest BCUT2D eigenvalue weighted by atomic mass is 9.73. The molecule has 2 fully saturated rings. The molecule has 5 heterocycles. The fourth-order valence-corrected chi connectivity index (χ4v) is 6.77. The molecular formula is C31H38F3N7O2. The van der Waals surface area contributed by atoms with E-state index in [4.69, 9.17) is 4.98 Å². The van der Waals surface area contributed by atoms with E-state index in [-0.39, 0.29) is 17.9 Å². The van der Waals surface area contributed by atoms with Gasteiger partial charge < -0.3 is 20.4 Å². The SMILES string of the molecule is O=C(CCC(F)(F)F)N1CC=C(c2cccn3nc(NC4=CC=C(C(=O)N5CCCC6(CCNCC6)C5)CC4)nc23)CC1. The Morgan fingerprint density at radius 1 is 1.05 bits per heavy atom. The summed E-state index contributed by atoms with van der Waals surface area (Å²) in [4.78, 5) is 33.8. The molecule has 2 aromatic rings. The lowest BCUT2D eigenvalue weighted by Gasteiger charge is -2.45. The van der Waals surface area contributed by atoms with Crippen molar-refractivity contribution < 1.29 is 22.8 Å². The molecule has 1 aliphatic carbocycles. The van der Waals surface area contributed by atoms with Gasteiger partial charge in [-0.25, -0.2) is 4.52 Å². The van der Waals surface area contributed by atoms with Crippen LogP contribution in [-0.4, -0.2) is 81.7 Å². The van der Waals surface area contributed by atoms with Crippen LogP contribution < -0.4 is 10.6 Å². The van der Waals surface area contributed by atoms with E-state index < -0.39 is 24.9 Å². The summed E-state index contributed by atoms with van der Waals surface area (Å²) in [6.45, 7) is 4.38. The van der Waals surface area contributed by atoms with E-state index in [2.05, 4.69) is 20.6 Å². The molecule has 0 aromatic carbocycles. The topological polar surface area (TPSA) is 94.9 Å². The minimum atomic E-state index is -4.34. The molecule has 230 valence electrons. The molecule has 4 aliphatic rings. The molecule has 1 spiro atoms. The van der Waals surface area contributed by atoms with Gasteiger partial charge in [0.1, 0.15) is 0 Å². The Morgan fingerprint density at radius 2 is 1.88 bits per heavy atom. The Bertz CT molecular complexity index is 1460. The van der Waals surface area contributed by atoms with Gasteiger partial charge in [0.25, 0.3) is 0 Å². The maximum Gasteiger partial charge on any atom is 0.389 e. The molecule has 3 aliphatic heterocycles. The third-order valence-electron chi connectivity index (χ3n) is 9.20. The number of fused-ring (bicyclic) bond motifs is 1. The number of likely N-dealkylation sites (tertiary alicyclic amines) is 1. The standard InChI is InChI=1S/C31H38F3N7O2/c32-31(33,34)12-8-26(42)39-19-9-22(10-20-39)25-3-1-18-41-27(25)37-29(38-41)36-24-6-4-23(5-7-24)28(43)40-17-2-11-30(21-40)13-15-35-16-14-30/h1,3-4,6,9,18,35H,2,5,7-8,10-17,19-21H2,(H,36,38). The molecule has 0 bridgehead atoms. The third-order valence-corrected chi connectivity index (χ3v) is 9.20. The van der Waals surface area contributed by atoms with E-state index in [0.717, 1.165) is 67.8 Å². The van der Waals surface area contributed by atoms with Crippen molar-refractivity contribution in [3.63, 3.8) is 0 Å². The number of carbonyl (C=O) groups excluding carboxylic acids is 2. The zero-order valence-electron chi connectivity index (χ0n) is 24.3. The van der Waals surface area contributed by atoms with Crippen LogP contribution in [0.5, 0.6) is 0 Å². The Hall–Kier alpha value is -3.67. The van der Waals surface area contributed by atoms with Crippen LogP contribution in [0.15, 0.2) is 47.8 Å². The number of nitrogens with one attached hydrogen (secondary N) is 2. The van der Waals surface area contributed by atoms with Crippen molar-refractivity contribution in [2.24, 2.45) is 5.41 Å². The summed E-state index contributed by atoms with van der Waals surface area (Å²) in [6.07, 6.45) is 8.02. The van der Waals surface area contributed by atoms with Crippen LogP contribution in [0.1, 0.15) is 63.4 Å². The number of anilines is 1. The maximum absolute atomic E-state index is 13.4. The fourth-order valence-electron chi connectivity index (χ4n) is 6.77. The van der Waals surface area contributed by atoms with Crippen LogP contribution in [0.3, 0.4) is 0 Å². The van der Waals surface area contributed by atoms with Gasteiger partial charge in [0.05, 0.1) is 6.42 Å². The van der Waals surface area contributed by atoms with Crippen LogP contribution in [0.4, 0.5) is 19.1 Å². The van der Waals surface area contributed by atoms with Gasteiger partial charge in [-0.05, 0) is 87.2 Å². The van der Waals surface area contributed by atoms with Gasteiger partial charge in [0.15, 0.2) is 5.65 Å². The first-order valence-electron chi connectivity index (χ1n) is 15.2. The maximum atomic E-state index is 13.4. The van der Waals surface area contributed by atoms with Crippen LogP contribution in [-0.2, 0) is 9.59 Å². The predicted molar refractivity (Wildman–Crippen MR) is 157 cm³/mol. The highest BCUT2D eigenvalue weighted by Crippen LogP contribution is 2.39. The van der Waals surface area contributed by atoms with Gasteiger partial charge in [-0.15, -0.1) is 5.10 Å². The van der Waals surface area contributed by atoms with E-state index in [1.807, 2.05) is 36.6 Å². The second-order valence-corrected chi connectivity index (χ2v) is 12.1. The predicted octanol–water partition coefficient (Wildman–Crippen LogP) is 4.70. The Morgan fingerprint density at radius 3 is 2.60 bits per heavy atom. The highest BCUT2D eigenvalue weighted by molar-refractivity contribution is 5.94. The van der Waals surface area contributed by atoms with Crippen molar-refractivity contribution in [2.75, 3.05) is 44.6 Å². The molecule has 9 nitrogen and oxygen atoms in total. The molecule has 12 heteroatoms. The second kappa shape index (κ2) is 12.1. The largest absolute Gasteiger partial charge is 0.389 e. The molecule has 0 radical (unpaired) electrons. The Labute approximate surface area is 248 Å². The number of amides is 2. The van der Waals surface area contributed by atoms with Crippen molar-refractivity contribution in [3.8, 4) is 0 Å². The van der Waals surface area contributed by atoms with Gasteiger partial charge in [0.2, 0.25) is 17.8 Å². The van der Waals surface area contributed by atoms with Crippen LogP contribution >= 0.6 is 0 Å². The van der Waals surface area contributed by atoms with E-state index >= 15 is 0 Å². The Balaban J connectivity index is 1.09. The summed E-state index contributed by atoms with van der Waals surface area (Å²) in [5, 5.41) is 11.3. The zero-order chi connectivity index (χ0) is 30.0. The van der Waals surface area contributed by atoms with Crippen molar-refractivity contribution in [1.29, 1.82) is 0 Å². The number of allylic oxidation sites excluding steroid dienone is 3. The zero-order valence-corrected chi connectivity index (χ0v) is 24.3. The number of nitrogens with zero attached hydrogens (tertiary/aromatic N) is 5. The molecule has 2 aromatic heterocycles. The smallest absolute Gasteiger partial charge is 0.339 e. The molecule has 0 atom stereocenters. The monoisotopic (exact) mass is 597 g/mol. The number of aromatic nitrogens is 3. The number of hydrogen-bond donors (Lipinski definition) is 2. The van der Waals surface area contributed by atoms with Crippen molar-refractivity contribution >= 4 is 29.0 Å². The number of carbonyl (C=O) groups is 2. The van der Waals surface area contributed by atoms with E-state index in [1.54, 1.807) is 4.52 Å².